The molecular formula is C12H17N3O2S2. The van der Waals surface area contributed by atoms with Crippen molar-refractivity contribution in [3.05, 3.63) is 29.8 Å². The van der Waals surface area contributed by atoms with Gasteiger partial charge in [-0.2, -0.15) is 12.7 Å². The van der Waals surface area contributed by atoms with E-state index in [4.69, 9.17) is 18.0 Å². The summed E-state index contributed by atoms with van der Waals surface area (Å²) < 4.78 is 28.3. The fourth-order valence-corrected chi connectivity index (χ4v) is 3.46. The minimum Gasteiger partial charge on any atom is -0.389 e. The fraction of sp³-hybridized carbons (Fsp3) is 0.417. The van der Waals surface area contributed by atoms with Crippen LogP contribution in [0.25, 0.3) is 0 Å². The van der Waals surface area contributed by atoms with Gasteiger partial charge in [0, 0.05) is 24.3 Å². The summed E-state index contributed by atoms with van der Waals surface area (Å²) in [5.41, 5.74) is 6.73. The van der Waals surface area contributed by atoms with Crippen molar-refractivity contribution in [2.75, 3.05) is 17.8 Å². The Morgan fingerprint density at radius 3 is 2.26 bits per heavy atom. The third kappa shape index (κ3) is 3.65. The maximum Gasteiger partial charge on any atom is 0.301 e. The number of benzene rings is 1. The molecule has 0 saturated carbocycles. The van der Waals surface area contributed by atoms with Gasteiger partial charge in [0.15, 0.2) is 0 Å². The molecule has 1 aromatic rings. The SMILES string of the molecule is NC(=S)c1ccc(NS(=O)(=O)N2CCCCC2)cc1. The lowest BCUT2D eigenvalue weighted by Crippen LogP contribution is -2.39. The second-order valence-electron chi connectivity index (χ2n) is 4.51. The zero-order valence-electron chi connectivity index (χ0n) is 10.5. The summed E-state index contributed by atoms with van der Waals surface area (Å²) in [6.45, 7) is 1.17. The topological polar surface area (TPSA) is 75.4 Å². The molecule has 7 heteroatoms. The average Bonchev–Trinajstić information content (AvgIpc) is 2.40. The predicted molar refractivity (Wildman–Crippen MR) is 80.3 cm³/mol. The standard InChI is InChI=1S/C12H17N3O2S2/c13-12(18)10-4-6-11(7-5-10)14-19(16,17)15-8-2-1-3-9-15/h4-7,14H,1-3,8-9H2,(H2,13,18). The molecule has 0 radical (unpaired) electrons. The van der Waals surface area contributed by atoms with Crippen LogP contribution in [0.1, 0.15) is 24.8 Å². The van der Waals surface area contributed by atoms with E-state index >= 15 is 0 Å². The highest BCUT2D eigenvalue weighted by Crippen LogP contribution is 2.17. The summed E-state index contributed by atoms with van der Waals surface area (Å²) >= 11 is 4.85. The van der Waals surface area contributed by atoms with Gasteiger partial charge in [0.1, 0.15) is 4.99 Å². The van der Waals surface area contributed by atoms with Gasteiger partial charge in [0.2, 0.25) is 0 Å². The average molecular weight is 299 g/mol. The number of rotatable bonds is 4. The monoisotopic (exact) mass is 299 g/mol. The predicted octanol–water partition coefficient (Wildman–Crippen LogP) is 1.46. The summed E-state index contributed by atoms with van der Waals surface area (Å²) in [6.07, 6.45) is 2.93. The largest absolute Gasteiger partial charge is 0.389 e. The van der Waals surface area contributed by atoms with Crippen LogP contribution < -0.4 is 10.5 Å². The zero-order valence-corrected chi connectivity index (χ0v) is 12.1. The van der Waals surface area contributed by atoms with E-state index in [-0.39, 0.29) is 0 Å². The van der Waals surface area contributed by atoms with Gasteiger partial charge in [-0.3, -0.25) is 4.72 Å². The normalized spacial score (nSPS) is 17.1. The minimum atomic E-state index is -3.45. The molecule has 1 aromatic carbocycles. The molecule has 19 heavy (non-hydrogen) atoms. The van der Waals surface area contributed by atoms with Crippen molar-refractivity contribution in [2.45, 2.75) is 19.3 Å². The Balaban J connectivity index is 2.09. The number of piperidine rings is 1. The molecule has 5 nitrogen and oxygen atoms in total. The van der Waals surface area contributed by atoms with Crippen molar-refractivity contribution < 1.29 is 8.42 Å². The summed E-state index contributed by atoms with van der Waals surface area (Å²) in [5, 5.41) is 0. The van der Waals surface area contributed by atoms with Crippen LogP contribution in [0.2, 0.25) is 0 Å². The first-order valence-electron chi connectivity index (χ1n) is 6.17. The van der Waals surface area contributed by atoms with E-state index in [1.54, 1.807) is 24.3 Å². The maximum absolute atomic E-state index is 12.1. The molecule has 1 saturated heterocycles. The highest BCUT2D eigenvalue weighted by Gasteiger charge is 2.23. The van der Waals surface area contributed by atoms with Gasteiger partial charge in [-0.15, -0.1) is 0 Å². The van der Waals surface area contributed by atoms with Crippen molar-refractivity contribution in [1.29, 1.82) is 0 Å². The van der Waals surface area contributed by atoms with Crippen LogP contribution in [-0.2, 0) is 10.2 Å². The van der Waals surface area contributed by atoms with E-state index in [1.165, 1.54) is 4.31 Å². The van der Waals surface area contributed by atoms with Gasteiger partial charge in [-0.25, -0.2) is 0 Å². The molecule has 104 valence electrons. The smallest absolute Gasteiger partial charge is 0.301 e. The first kappa shape index (κ1) is 14.2. The van der Waals surface area contributed by atoms with Gasteiger partial charge in [-0.05, 0) is 37.1 Å². The fourth-order valence-electron chi connectivity index (χ4n) is 2.02. The van der Waals surface area contributed by atoms with Crippen molar-refractivity contribution in [2.24, 2.45) is 5.73 Å². The molecule has 0 spiro atoms. The van der Waals surface area contributed by atoms with Gasteiger partial charge in [-0.1, -0.05) is 18.6 Å². The molecule has 3 N–H and O–H groups in total. The number of anilines is 1. The third-order valence-electron chi connectivity index (χ3n) is 3.07. The Bertz CT molecular complexity index is 549. The van der Waals surface area contributed by atoms with E-state index in [0.29, 0.717) is 23.8 Å². The van der Waals surface area contributed by atoms with E-state index in [2.05, 4.69) is 4.72 Å². The minimum absolute atomic E-state index is 0.297. The van der Waals surface area contributed by atoms with E-state index < -0.39 is 10.2 Å². The first-order valence-corrected chi connectivity index (χ1v) is 8.01. The molecule has 1 aliphatic heterocycles. The highest BCUT2D eigenvalue weighted by atomic mass is 32.2. The molecule has 2 rings (SSSR count). The van der Waals surface area contributed by atoms with Crippen molar-refractivity contribution in [3.8, 4) is 0 Å². The van der Waals surface area contributed by atoms with Crippen molar-refractivity contribution >= 4 is 33.1 Å². The lowest BCUT2D eigenvalue weighted by Gasteiger charge is -2.26. The quantitative estimate of drug-likeness (QED) is 0.825. The number of nitrogens with one attached hydrogen (secondary N) is 1. The van der Waals surface area contributed by atoms with Crippen LogP contribution in [-0.4, -0.2) is 30.8 Å². The van der Waals surface area contributed by atoms with Crippen molar-refractivity contribution in [3.63, 3.8) is 0 Å². The summed E-state index contributed by atoms with van der Waals surface area (Å²) in [5.74, 6) is 0. The van der Waals surface area contributed by atoms with Gasteiger partial charge in [0.05, 0.1) is 0 Å². The Kier molecular flexibility index (Phi) is 4.38. The van der Waals surface area contributed by atoms with Crippen LogP contribution >= 0.6 is 12.2 Å². The van der Waals surface area contributed by atoms with Crippen LogP contribution in [0.15, 0.2) is 24.3 Å². The number of nitrogens with zero attached hydrogens (tertiary/aromatic N) is 1. The molecule has 1 fully saturated rings. The van der Waals surface area contributed by atoms with E-state index in [1.807, 2.05) is 0 Å². The van der Waals surface area contributed by atoms with Gasteiger partial charge >= 0.3 is 10.2 Å². The second-order valence-corrected chi connectivity index (χ2v) is 6.62. The van der Waals surface area contributed by atoms with E-state index in [9.17, 15) is 8.42 Å². The van der Waals surface area contributed by atoms with Crippen LogP contribution in [0, 0.1) is 0 Å². The zero-order chi connectivity index (χ0) is 13.9. The first-order chi connectivity index (χ1) is 8.99. The molecule has 1 aliphatic rings. The summed E-state index contributed by atoms with van der Waals surface area (Å²) in [7, 11) is -3.45. The Morgan fingerprint density at radius 2 is 1.74 bits per heavy atom. The summed E-state index contributed by atoms with van der Waals surface area (Å²) in [6, 6.07) is 6.73. The Morgan fingerprint density at radius 1 is 1.16 bits per heavy atom. The maximum atomic E-state index is 12.1. The lowest BCUT2D eigenvalue weighted by molar-refractivity contribution is 0.349. The Labute approximate surface area is 119 Å². The Hall–Kier alpha value is -1.18. The summed E-state index contributed by atoms with van der Waals surface area (Å²) in [4.78, 5) is 0.297. The molecule has 0 atom stereocenters. The van der Waals surface area contributed by atoms with Crippen molar-refractivity contribution in [1.82, 2.24) is 4.31 Å². The number of nitrogens with two attached hydrogens (primary N) is 1. The molecular weight excluding hydrogens is 282 g/mol. The third-order valence-corrected chi connectivity index (χ3v) is 4.85. The number of hydrogen-bond donors (Lipinski definition) is 2. The molecule has 0 unspecified atom stereocenters. The number of hydrogen-bond acceptors (Lipinski definition) is 3. The molecule has 1 heterocycles. The van der Waals surface area contributed by atoms with E-state index in [0.717, 1.165) is 24.8 Å². The molecule has 0 aromatic heterocycles. The molecule has 0 amide bonds. The molecule has 0 aliphatic carbocycles. The number of thiocarbonyl (C=S) groups is 1. The second kappa shape index (κ2) is 5.85. The highest BCUT2D eigenvalue weighted by molar-refractivity contribution is 7.90. The lowest BCUT2D eigenvalue weighted by atomic mass is 10.2. The van der Waals surface area contributed by atoms with Crippen LogP contribution in [0.4, 0.5) is 5.69 Å². The van der Waals surface area contributed by atoms with Crippen LogP contribution in [0.5, 0.6) is 0 Å². The molecule has 0 bridgehead atoms. The van der Waals surface area contributed by atoms with Gasteiger partial charge in [0.25, 0.3) is 0 Å². The van der Waals surface area contributed by atoms with Gasteiger partial charge < -0.3 is 5.73 Å². The van der Waals surface area contributed by atoms with Crippen LogP contribution in [0.3, 0.4) is 0 Å².